The van der Waals surface area contributed by atoms with Crippen molar-refractivity contribution in [3.8, 4) is 0 Å². The number of nitrogens with zero attached hydrogens (tertiary/aromatic N) is 1. The molecule has 17 heavy (non-hydrogen) atoms. The third-order valence-corrected chi connectivity index (χ3v) is 3.14. The minimum absolute atomic E-state index is 0.0932. The largest absolute Gasteiger partial charge is 0.320 e. The molecule has 2 nitrogen and oxygen atoms in total. The minimum Gasteiger partial charge on any atom is -0.320 e. The standard InChI is InChI=1S/C15H18N2/c1-10-6-7-13(11(2)9-10)15(16)14-5-4-8-17-12(14)3/h4-9,15H,16H2,1-3H3. The number of pyridine rings is 1. The minimum atomic E-state index is -0.0932. The molecule has 0 radical (unpaired) electrons. The molecule has 1 aromatic heterocycles. The Hall–Kier alpha value is -1.67. The maximum absolute atomic E-state index is 6.33. The quantitative estimate of drug-likeness (QED) is 0.854. The number of hydrogen-bond donors (Lipinski definition) is 1. The van der Waals surface area contributed by atoms with Gasteiger partial charge in [0, 0.05) is 11.9 Å². The van der Waals surface area contributed by atoms with Crippen molar-refractivity contribution in [2.24, 2.45) is 5.73 Å². The highest BCUT2D eigenvalue weighted by atomic mass is 14.7. The van der Waals surface area contributed by atoms with Crippen molar-refractivity contribution in [2.75, 3.05) is 0 Å². The summed E-state index contributed by atoms with van der Waals surface area (Å²) >= 11 is 0. The summed E-state index contributed by atoms with van der Waals surface area (Å²) < 4.78 is 0. The fourth-order valence-electron chi connectivity index (χ4n) is 2.17. The maximum atomic E-state index is 6.33. The van der Waals surface area contributed by atoms with E-state index in [0.29, 0.717) is 0 Å². The molecule has 1 atom stereocenters. The summed E-state index contributed by atoms with van der Waals surface area (Å²) in [6.45, 7) is 6.20. The second-order valence-electron chi connectivity index (χ2n) is 4.52. The van der Waals surface area contributed by atoms with Crippen molar-refractivity contribution >= 4 is 0 Å². The van der Waals surface area contributed by atoms with E-state index in [0.717, 1.165) is 11.3 Å². The molecule has 1 unspecified atom stereocenters. The van der Waals surface area contributed by atoms with Crippen molar-refractivity contribution in [3.05, 3.63) is 64.5 Å². The molecule has 2 heteroatoms. The molecule has 0 spiro atoms. The lowest BCUT2D eigenvalue weighted by molar-refractivity contribution is 0.839. The first-order valence-corrected chi connectivity index (χ1v) is 5.84. The molecule has 2 aromatic rings. The van der Waals surface area contributed by atoms with Crippen molar-refractivity contribution in [3.63, 3.8) is 0 Å². The Labute approximate surface area is 103 Å². The third kappa shape index (κ3) is 2.37. The van der Waals surface area contributed by atoms with Gasteiger partial charge in [-0.15, -0.1) is 0 Å². The molecule has 0 aliphatic heterocycles. The summed E-state index contributed by atoms with van der Waals surface area (Å²) in [6.07, 6.45) is 1.80. The highest BCUT2D eigenvalue weighted by Crippen LogP contribution is 2.24. The van der Waals surface area contributed by atoms with Crippen LogP contribution in [-0.2, 0) is 0 Å². The molecule has 1 heterocycles. The third-order valence-electron chi connectivity index (χ3n) is 3.14. The lowest BCUT2D eigenvalue weighted by Gasteiger charge is -2.17. The van der Waals surface area contributed by atoms with Crippen molar-refractivity contribution < 1.29 is 0 Å². The van der Waals surface area contributed by atoms with Crippen LogP contribution in [0.2, 0.25) is 0 Å². The molecule has 88 valence electrons. The van der Waals surface area contributed by atoms with Crippen LogP contribution in [0.4, 0.5) is 0 Å². The Kier molecular flexibility index (Phi) is 3.25. The Morgan fingerprint density at radius 2 is 1.82 bits per heavy atom. The lowest BCUT2D eigenvalue weighted by atomic mass is 9.94. The maximum Gasteiger partial charge on any atom is 0.0572 e. The van der Waals surface area contributed by atoms with Crippen LogP contribution in [-0.4, -0.2) is 4.98 Å². The van der Waals surface area contributed by atoms with Gasteiger partial charge >= 0.3 is 0 Å². The van der Waals surface area contributed by atoms with Gasteiger partial charge in [0.1, 0.15) is 0 Å². The summed E-state index contributed by atoms with van der Waals surface area (Å²) in [5.74, 6) is 0. The van der Waals surface area contributed by atoms with Gasteiger partial charge in [-0.3, -0.25) is 4.98 Å². The van der Waals surface area contributed by atoms with Gasteiger partial charge in [-0.2, -0.15) is 0 Å². The zero-order valence-corrected chi connectivity index (χ0v) is 10.6. The molecule has 0 fully saturated rings. The van der Waals surface area contributed by atoms with E-state index in [-0.39, 0.29) is 6.04 Å². The Bertz CT molecular complexity index is 532. The van der Waals surface area contributed by atoms with E-state index >= 15 is 0 Å². The second-order valence-corrected chi connectivity index (χ2v) is 4.52. The van der Waals surface area contributed by atoms with Gasteiger partial charge in [0.15, 0.2) is 0 Å². The van der Waals surface area contributed by atoms with E-state index in [4.69, 9.17) is 5.73 Å². The molecule has 0 saturated heterocycles. The number of aryl methyl sites for hydroxylation is 3. The molecule has 0 aliphatic rings. The second kappa shape index (κ2) is 4.68. The number of benzene rings is 1. The Morgan fingerprint density at radius 3 is 2.47 bits per heavy atom. The summed E-state index contributed by atoms with van der Waals surface area (Å²) in [4.78, 5) is 4.29. The van der Waals surface area contributed by atoms with Crippen LogP contribution in [0.25, 0.3) is 0 Å². The number of aromatic nitrogens is 1. The van der Waals surface area contributed by atoms with Crippen LogP contribution in [0.3, 0.4) is 0 Å². The average Bonchev–Trinajstić information content (AvgIpc) is 2.29. The van der Waals surface area contributed by atoms with Gasteiger partial charge in [0.05, 0.1) is 6.04 Å². The van der Waals surface area contributed by atoms with E-state index in [1.54, 1.807) is 6.20 Å². The highest BCUT2D eigenvalue weighted by Gasteiger charge is 2.13. The summed E-state index contributed by atoms with van der Waals surface area (Å²) in [5.41, 5.74) is 12.1. The van der Waals surface area contributed by atoms with E-state index in [1.807, 2.05) is 19.1 Å². The average molecular weight is 226 g/mol. The fraction of sp³-hybridized carbons (Fsp3) is 0.267. The van der Waals surface area contributed by atoms with Crippen molar-refractivity contribution in [2.45, 2.75) is 26.8 Å². The van der Waals surface area contributed by atoms with E-state index in [2.05, 4.69) is 37.0 Å². The molecule has 0 bridgehead atoms. The predicted octanol–water partition coefficient (Wildman–Crippen LogP) is 3.05. The smallest absolute Gasteiger partial charge is 0.0572 e. The summed E-state index contributed by atoms with van der Waals surface area (Å²) in [6, 6.07) is 10.3. The van der Waals surface area contributed by atoms with Crippen LogP contribution in [0.1, 0.15) is 34.0 Å². The number of hydrogen-bond acceptors (Lipinski definition) is 2. The van der Waals surface area contributed by atoms with E-state index in [1.165, 1.54) is 16.7 Å². The zero-order valence-electron chi connectivity index (χ0n) is 10.6. The van der Waals surface area contributed by atoms with Gasteiger partial charge in [-0.05, 0) is 43.5 Å². The Balaban J connectivity index is 2.44. The van der Waals surface area contributed by atoms with Crippen molar-refractivity contribution in [1.29, 1.82) is 0 Å². The van der Waals surface area contributed by atoms with E-state index < -0.39 is 0 Å². The predicted molar refractivity (Wildman–Crippen MR) is 70.9 cm³/mol. The SMILES string of the molecule is Cc1ccc(C(N)c2cccnc2C)c(C)c1. The molecule has 2 N–H and O–H groups in total. The van der Waals surface area contributed by atoms with Crippen molar-refractivity contribution in [1.82, 2.24) is 4.98 Å². The molecule has 0 aliphatic carbocycles. The van der Waals surface area contributed by atoms with Crippen LogP contribution in [0.15, 0.2) is 36.5 Å². The molecule has 2 rings (SSSR count). The molecule has 0 saturated carbocycles. The first kappa shape index (κ1) is 11.8. The molecule has 1 aromatic carbocycles. The van der Waals surface area contributed by atoms with Gasteiger partial charge < -0.3 is 5.73 Å². The molecular formula is C15H18N2. The van der Waals surface area contributed by atoms with Crippen LogP contribution >= 0.6 is 0 Å². The van der Waals surface area contributed by atoms with E-state index in [9.17, 15) is 0 Å². The van der Waals surface area contributed by atoms with Crippen LogP contribution in [0.5, 0.6) is 0 Å². The lowest BCUT2D eigenvalue weighted by Crippen LogP contribution is -2.15. The van der Waals surface area contributed by atoms with Gasteiger partial charge in [-0.1, -0.05) is 29.8 Å². The van der Waals surface area contributed by atoms with Gasteiger partial charge in [-0.25, -0.2) is 0 Å². The van der Waals surface area contributed by atoms with Gasteiger partial charge in [0.2, 0.25) is 0 Å². The fourth-order valence-corrected chi connectivity index (χ4v) is 2.17. The summed E-state index contributed by atoms with van der Waals surface area (Å²) in [5, 5.41) is 0. The summed E-state index contributed by atoms with van der Waals surface area (Å²) in [7, 11) is 0. The molecule has 0 amide bonds. The van der Waals surface area contributed by atoms with Gasteiger partial charge in [0.25, 0.3) is 0 Å². The Morgan fingerprint density at radius 1 is 1.06 bits per heavy atom. The van der Waals surface area contributed by atoms with Crippen LogP contribution in [0, 0.1) is 20.8 Å². The van der Waals surface area contributed by atoms with Crippen LogP contribution < -0.4 is 5.73 Å². The normalized spacial score (nSPS) is 12.5. The monoisotopic (exact) mass is 226 g/mol. The molecular weight excluding hydrogens is 208 g/mol. The first-order valence-electron chi connectivity index (χ1n) is 5.84. The topological polar surface area (TPSA) is 38.9 Å². The first-order chi connectivity index (χ1) is 8.09. The highest BCUT2D eigenvalue weighted by molar-refractivity contribution is 5.39. The number of nitrogens with two attached hydrogens (primary N) is 1. The number of rotatable bonds is 2. The zero-order chi connectivity index (χ0) is 12.4.